The molecule has 8 nitrogen and oxygen atoms in total. The molecule has 3 aromatic rings. The van der Waals surface area contributed by atoms with Gasteiger partial charge in [0.05, 0.1) is 17.7 Å². The van der Waals surface area contributed by atoms with Crippen molar-refractivity contribution in [3.63, 3.8) is 0 Å². The maximum atomic E-state index is 11.9. The topological polar surface area (TPSA) is 105 Å². The molecule has 2 aliphatic rings. The highest BCUT2D eigenvalue weighted by Crippen LogP contribution is 2.32. The summed E-state index contributed by atoms with van der Waals surface area (Å²) in [7, 11) is 1.65. The summed E-state index contributed by atoms with van der Waals surface area (Å²) >= 11 is 0. The van der Waals surface area contributed by atoms with E-state index in [1.165, 1.54) is 49.1 Å². The maximum Gasteiger partial charge on any atom is 0.253 e. The van der Waals surface area contributed by atoms with Gasteiger partial charge in [0, 0.05) is 42.9 Å². The van der Waals surface area contributed by atoms with E-state index in [4.69, 9.17) is 0 Å². The SMILES string of the molecule is Cn1cnc(-c2ccc(-c3ccc(NCC4CC5CCCC(C4)N5)nn3)c(O)c2)cc1=O. The molecule has 1 aromatic carbocycles. The Balaban J connectivity index is 1.25. The third-order valence-corrected chi connectivity index (χ3v) is 6.60. The summed E-state index contributed by atoms with van der Waals surface area (Å²) in [5.74, 6) is 1.48. The third-order valence-electron chi connectivity index (χ3n) is 6.60. The monoisotopic (exact) mass is 432 g/mol. The first-order chi connectivity index (χ1) is 15.5. The zero-order chi connectivity index (χ0) is 22.1. The molecule has 2 bridgehead atoms. The predicted octanol–water partition coefficient (Wildman–Crippen LogP) is 2.94. The lowest BCUT2D eigenvalue weighted by molar-refractivity contribution is 0.192. The number of hydrogen-bond donors (Lipinski definition) is 3. The van der Waals surface area contributed by atoms with Gasteiger partial charge in [0.1, 0.15) is 11.6 Å². The van der Waals surface area contributed by atoms with Gasteiger partial charge in [0.15, 0.2) is 0 Å². The standard InChI is InChI=1S/C24H28N6O2/c1-30-14-26-21(12-24(30)32)16-5-6-19(22(31)11-16)20-7-8-23(29-28-20)25-13-15-9-17-3-2-4-18(10-15)27-17/h5-8,11-12,14-15,17-18,27,31H,2-4,9-10,13H2,1H3,(H,25,29). The number of hydrogen-bond acceptors (Lipinski definition) is 7. The number of aromatic nitrogens is 4. The normalized spacial score (nSPS) is 22.5. The number of phenolic OH excluding ortho intramolecular Hbond substituents is 1. The molecule has 2 saturated heterocycles. The molecule has 0 saturated carbocycles. The lowest BCUT2D eigenvalue weighted by Gasteiger charge is -2.40. The molecule has 8 heteroatoms. The predicted molar refractivity (Wildman–Crippen MR) is 123 cm³/mol. The molecule has 166 valence electrons. The van der Waals surface area contributed by atoms with Crippen LogP contribution in [0.4, 0.5) is 5.82 Å². The van der Waals surface area contributed by atoms with Crippen LogP contribution in [0.2, 0.25) is 0 Å². The van der Waals surface area contributed by atoms with Crippen molar-refractivity contribution in [2.75, 3.05) is 11.9 Å². The van der Waals surface area contributed by atoms with Crippen molar-refractivity contribution in [3.8, 4) is 28.3 Å². The summed E-state index contributed by atoms with van der Waals surface area (Å²) < 4.78 is 1.40. The number of benzene rings is 1. The number of nitrogens with one attached hydrogen (secondary N) is 2. The summed E-state index contributed by atoms with van der Waals surface area (Å²) in [6.07, 6.45) is 7.84. The zero-order valence-corrected chi connectivity index (χ0v) is 18.2. The number of aryl methyl sites for hydroxylation is 1. The van der Waals surface area contributed by atoms with Gasteiger partial charge in [-0.25, -0.2) is 4.98 Å². The summed E-state index contributed by atoms with van der Waals surface area (Å²) in [6.45, 7) is 0.909. The van der Waals surface area contributed by atoms with Gasteiger partial charge in [-0.2, -0.15) is 0 Å². The van der Waals surface area contributed by atoms with E-state index < -0.39 is 0 Å². The fourth-order valence-electron chi connectivity index (χ4n) is 4.90. The van der Waals surface area contributed by atoms with Crippen LogP contribution in [0, 0.1) is 5.92 Å². The number of rotatable bonds is 5. The van der Waals surface area contributed by atoms with Crippen LogP contribution in [-0.4, -0.2) is 43.5 Å². The largest absolute Gasteiger partial charge is 0.507 e. The van der Waals surface area contributed by atoms with E-state index in [-0.39, 0.29) is 11.3 Å². The fourth-order valence-corrected chi connectivity index (χ4v) is 4.90. The van der Waals surface area contributed by atoms with Crippen LogP contribution >= 0.6 is 0 Å². The molecule has 3 N–H and O–H groups in total. The van der Waals surface area contributed by atoms with Crippen LogP contribution in [0.1, 0.15) is 32.1 Å². The minimum absolute atomic E-state index is 0.0706. The molecule has 32 heavy (non-hydrogen) atoms. The first-order valence-electron chi connectivity index (χ1n) is 11.3. The van der Waals surface area contributed by atoms with Gasteiger partial charge in [-0.05, 0) is 55.9 Å². The van der Waals surface area contributed by atoms with Crippen LogP contribution in [0.5, 0.6) is 5.75 Å². The summed E-state index contributed by atoms with van der Waals surface area (Å²) in [5, 5.41) is 26.3. The summed E-state index contributed by atoms with van der Waals surface area (Å²) in [6, 6.07) is 11.7. The van der Waals surface area contributed by atoms with Crippen molar-refractivity contribution < 1.29 is 5.11 Å². The fraction of sp³-hybridized carbons (Fsp3) is 0.417. The van der Waals surface area contributed by atoms with Crippen LogP contribution in [0.15, 0.2) is 47.5 Å². The molecule has 0 radical (unpaired) electrons. The van der Waals surface area contributed by atoms with Crippen molar-refractivity contribution >= 4 is 5.82 Å². The molecule has 2 fully saturated rings. The van der Waals surface area contributed by atoms with E-state index in [0.717, 1.165) is 12.4 Å². The second-order valence-electron chi connectivity index (χ2n) is 8.97. The van der Waals surface area contributed by atoms with Crippen LogP contribution in [-0.2, 0) is 7.05 Å². The van der Waals surface area contributed by atoms with Gasteiger partial charge < -0.3 is 20.3 Å². The van der Waals surface area contributed by atoms with Crippen LogP contribution < -0.4 is 16.2 Å². The molecule has 2 aromatic heterocycles. The van der Waals surface area contributed by atoms with E-state index in [0.29, 0.717) is 40.5 Å². The first kappa shape index (κ1) is 20.6. The number of nitrogens with zero attached hydrogens (tertiary/aromatic N) is 4. The Kier molecular flexibility index (Phi) is 5.61. The molecule has 0 amide bonds. The van der Waals surface area contributed by atoms with Gasteiger partial charge in [-0.3, -0.25) is 4.79 Å². The van der Waals surface area contributed by atoms with Crippen LogP contribution in [0.25, 0.3) is 22.5 Å². The number of aromatic hydroxyl groups is 1. The van der Waals surface area contributed by atoms with E-state index >= 15 is 0 Å². The van der Waals surface area contributed by atoms with Crippen LogP contribution in [0.3, 0.4) is 0 Å². The van der Waals surface area contributed by atoms with Crippen molar-refractivity contribution in [1.29, 1.82) is 0 Å². The van der Waals surface area contributed by atoms with Gasteiger partial charge in [0.2, 0.25) is 0 Å². The molecule has 0 aliphatic carbocycles. The Bertz CT molecular complexity index is 1150. The molecule has 4 heterocycles. The smallest absolute Gasteiger partial charge is 0.253 e. The van der Waals surface area contributed by atoms with Crippen molar-refractivity contribution in [3.05, 3.63) is 53.1 Å². The molecular weight excluding hydrogens is 404 g/mol. The Morgan fingerprint density at radius 3 is 2.59 bits per heavy atom. The molecule has 5 rings (SSSR count). The second kappa shape index (κ2) is 8.70. The Labute approximate surface area is 186 Å². The average molecular weight is 433 g/mol. The van der Waals surface area contributed by atoms with Crippen molar-refractivity contribution in [2.45, 2.75) is 44.2 Å². The first-order valence-corrected chi connectivity index (χ1v) is 11.3. The Morgan fingerprint density at radius 1 is 1.09 bits per heavy atom. The summed E-state index contributed by atoms with van der Waals surface area (Å²) in [5.41, 5.74) is 2.21. The zero-order valence-electron chi connectivity index (χ0n) is 18.2. The highest BCUT2D eigenvalue weighted by atomic mass is 16.3. The number of fused-ring (bicyclic) bond motifs is 2. The van der Waals surface area contributed by atoms with E-state index in [1.54, 1.807) is 19.2 Å². The lowest BCUT2D eigenvalue weighted by Crippen LogP contribution is -2.49. The Morgan fingerprint density at radius 2 is 1.91 bits per heavy atom. The van der Waals surface area contributed by atoms with Gasteiger partial charge >= 0.3 is 0 Å². The van der Waals surface area contributed by atoms with E-state index in [9.17, 15) is 9.90 Å². The molecular formula is C24H28N6O2. The van der Waals surface area contributed by atoms with Gasteiger partial charge in [-0.1, -0.05) is 12.5 Å². The highest BCUT2D eigenvalue weighted by Gasteiger charge is 2.30. The highest BCUT2D eigenvalue weighted by molar-refractivity contribution is 5.73. The number of piperidine rings is 2. The van der Waals surface area contributed by atoms with Gasteiger partial charge in [-0.15, -0.1) is 10.2 Å². The Hall–Kier alpha value is -3.26. The molecule has 2 unspecified atom stereocenters. The number of anilines is 1. The molecule has 0 spiro atoms. The van der Waals surface area contributed by atoms with Crippen molar-refractivity contribution in [1.82, 2.24) is 25.1 Å². The van der Waals surface area contributed by atoms with E-state index in [1.807, 2.05) is 18.2 Å². The maximum absolute atomic E-state index is 11.9. The quantitative estimate of drug-likeness (QED) is 0.569. The average Bonchev–Trinajstić information content (AvgIpc) is 2.80. The number of phenols is 1. The second-order valence-corrected chi connectivity index (χ2v) is 8.97. The van der Waals surface area contributed by atoms with E-state index in [2.05, 4.69) is 25.8 Å². The van der Waals surface area contributed by atoms with Crippen molar-refractivity contribution in [2.24, 2.45) is 13.0 Å². The minimum Gasteiger partial charge on any atom is -0.507 e. The lowest BCUT2D eigenvalue weighted by atomic mass is 9.80. The third kappa shape index (κ3) is 4.36. The minimum atomic E-state index is -0.153. The van der Waals surface area contributed by atoms with Gasteiger partial charge in [0.25, 0.3) is 5.56 Å². The molecule has 2 aliphatic heterocycles. The summed E-state index contributed by atoms with van der Waals surface area (Å²) in [4.78, 5) is 16.1. The molecule has 2 atom stereocenters.